The van der Waals surface area contributed by atoms with E-state index in [0.29, 0.717) is 12.8 Å². The molecule has 0 radical (unpaired) electrons. The van der Waals surface area contributed by atoms with E-state index in [4.69, 9.17) is 0 Å². The van der Waals surface area contributed by atoms with Crippen LogP contribution in [0.1, 0.15) is 19.8 Å². The van der Waals surface area contributed by atoms with E-state index in [1.54, 1.807) is 6.92 Å². The number of hydrogen-bond donors (Lipinski definition) is 0. The molecule has 19 heavy (non-hydrogen) atoms. The minimum atomic E-state index is -5.68. The van der Waals surface area contributed by atoms with Crippen LogP contribution in [0.15, 0.2) is 0 Å². The van der Waals surface area contributed by atoms with Crippen molar-refractivity contribution in [1.29, 1.82) is 0 Å². The first-order valence-corrected chi connectivity index (χ1v) is 8.35. The number of nitrogens with zero attached hydrogens (tertiary/aromatic N) is 1. The molecule has 0 rings (SSSR count). The van der Waals surface area contributed by atoms with E-state index in [0.717, 1.165) is 11.4 Å². The molecule has 0 bridgehead atoms. The van der Waals surface area contributed by atoms with Crippen LogP contribution in [-0.4, -0.2) is 52.6 Å². The van der Waals surface area contributed by atoms with Gasteiger partial charge in [0.15, 0.2) is 0 Å². The summed E-state index contributed by atoms with van der Waals surface area (Å²) in [7, 11) is -8.13. The molecule has 0 fully saturated rings. The summed E-state index contributed by atoms with van der Waals surface area (Å²) in [6.45, 7) is 0.430. The Bertz CT molecular complexity index is 471. The number of unbranched alkanes of at least 4 members (excludes halogenated alkanes) is 1. The first-order valence-electron chi connectivity index (χ1n) is 5.33. The molecule has 0 saturated heterocycles. The van der Waals surface area contributed by atoms with Gasteiger partial charge in [0.25, 0.3) is 0 Å². The molecule has 0 saturated carbocycles. The monoisotopic (exact) mass is 327 g/mol. The van der Waals surface area contributed by atoms with Gasteiger partial charge in [-0.05, 0) is 6.42 Å². The predicted molar refractivity (Wildman–Crippen MR) is 62.3 cm³/mol. The first-order chi connectivity index (χ1) is 8.44. The van der Waals surface area contributed by atoms with Crippen LogP contribution in [0.25, 0.3) is 0 Å². The van der Waals surface area contributed by atoms with Gasteiger partial charge in [0.1, 0.15) is 0 Å². The van der Waals surface area contributed by atoms with Crippen LogP contribution in [-0.2, 0) is 24.3 Å². The fourth-order valence-electron chi connectivity index (χ4n) is 0.964. The van der Waals surface area contributed by atoms with Crippen molar-refractivity contribution in [2.45, 2.75) is 25.3 Å². The summed E-state index contributed by atoms with van der Waals surface area (Å²) >= 11 is 0. The first kappa shape index (κ1) is 18.6. The third kappa shape index (κ3) is 6.06. The normalized spacial score (nSPS) is 14.0. The highest BCUT2D eigenvalue weighted by molar-refractivity contribution is 7.89. The second-order valence-electron chi connectivity index (χ2n) is 3.71. The summed E-state index contributed by atoms with van der Waals surface area (Å²) in [6, 6.07) is 0. The topological polar surface area (TPSA) is 80.8 Å². The summed E-state index contributed by atoms with van der Waals surface area (Å²) in [5.41, 5.74) is -5.51. The second kappa shape index (κ2) is 6.86. The van der Waals surface area contributed by atoms with Crippen LogP contribution >= 0.6 is 0 Å². The van der Waals surface area contributed by atoms with Crippen LogP contribution in [0.2, 0.25) is 0 Å². The summed E-state index contributed by atoms with van der Waals surface area (Å²) in [5, 5.41) is 0. The lowest BCUT2D eigenvalue weighted by atomic mass is 10.4. The zero-order chi connectivity index (χ0) is 15.3. The third-order valence-corrected chi connectivity index (χ3v) is 5.14. The van der Waals surface area contributed by atoms with Gasteiger partial charge in [-0.3, -0.25) is 4.18 Å². The van der Waals surface area contributed by atoms with Gasteiger partial charge in [0.2, 0.25) is 10.0 Å². The highest BCUT2D eigenvalue weighted by Gasteiger charge is 2.47. The fraction of sp³-hybridized carbons (Fsp3) is 1.00. The molecule has 116 valence electrons. The quantitative estimate of drug-likeness (QED) is 0.489. The lowest BCUT2D eigenvalue weighted by Gasteiger charge is -2.17. The van der Waals surface area contributed by atoms with Gasteiger partial charge in [0, 0.05) is 13.6 Å². The van der Waals surface area contributed by atoms with Crippen molar-refractivity contribution in [3.8, 4) is 0 Å². The summed E-state index contributed by atoms with van der Waals surface area (Å²) in [4.78, 5) is 0. The van der Waals surface area contributed by atoms with Crippen molar-refractivity contribution >= 4 is 20.1 Å². The van der Waals surface area contributed by atoms with Crippen molar-refractivity contribution in [3.05, 3.63) is 0 Å². The Balaban J connectivity index is 4.37. The molecule has 0 N–H and O–H groups in total. The van der Waals surface area contributed by atoms with Crippen molar-refractivity contribution in [3.63, 3.8) is 0 Å². The van der Waals surface area contributed by atoms with E-state index in [1.807, 2.05) is 0 Å². The Morgan fingerprint density at radius 1 is 1.16 bits per heavy atom. The molecule has 0 aromatic carbocycles. The number of halogens is 3. The smallest absolute Gasteiger partial charge is 0.262 e. The minimum Gasteiger partial charge on any atom is -0.262 e. The van der Waals surface area contributed by atoms with E-state index >= 15 is 0 Å². The molecule has 0 aromatic rings. The summed E-state index contributed by atoms with van der Waals surface area (Å²) < 4.78 is 84.4. The third-order valence-electron chi connectivity index (χ3n) is 2.16. The van der Waals surface area contributed by atoms with Crippen molar-refractivity contribution in [2.24, 2.45) is 0 Å². The molecule has 0 atom stereocenters. The van der Waals surface area contributed by atoms with Gasteiger partial charge in [-0.15, -0.1) is 0 Å². The fourth-order valence-corrected chi connectivity index (χ4v) is 2.71. The van der Waals surface area contributed by atoms with Crippen molar-refractivity contribution < 1.29 is 34.2 Å². The highest BCUT2D eigenvalue weighted by atomic mass is 32.2. The molecule has 6 nitrogen and oxygen atoms in total. The van der Waals surface area contributed by atoms with E-state index in [1.165, 1.54) is 0 Å². The second-order valence-corrected chi connectivity index (χ2v) is 7.52. The molecule has 0 unspecified atom stereocenters. The maximum atomic E-state index is 11.9. The van der Waals surface area contributed by atoms with E-state index in [-0.39, 0.29) is 5.75 Å². The maximum absolute atomic E-state index is 11.9. The number of likely N-dealkylation sites (N-methyl/N-ethyl adjacent to an activating group) is 1. The van der Waals surface area contributed by atoms with Gasteiger partial charge in [-0.2, -0.15) is 21.6 Å². The van der Waals surface area contributed by atoms with Gasteiger partial charge < -0.3 is 0 Å². The molecular weight excluding hydrogens is 311 g/mol. The molecule has 11 heteroatoms. The Labute approximate surface area is 110 Å². The minimum absolute atomic E-state index is 0.147. The molecule has 0 aromatic heterocycles. The van der Waals surface area contributed by atoms with Crippen molar-refractivity contribution in [2.75, 3.05) is 26.0 Å². The number of hydrogen-bond acceptors (Lipinski definition) is 5. The average molecular weight is 327 g/mol. The SMILES string of the molecule is CCCCS(=O)(=O)N(C)CCOS(=O)(=O)C(F)(F)F. The Hall–Kier alpha value is -0.390. The molecule has 0 amide bonds. The Morgan fingerprint density at radius 3 is 2.11 bits per heavy atom. The summed E-state index contributed by atoms with van der Waals surface area (Å²) in [6.07, 6.45) is 1.06. The average Bonchev–Trinajstić information content (AvgIpc) is 2.24. The van der Waals surface area contributed by atoms with Crippen molar-refractivity contribution in [1.82, 2.24) is 4.31 Å². The summed E-state index contributed by atoms with van der Waals surface area (Å²) in [5.74, 6) is -0.147. The predicted octanol–water partition coefficient (Wildman–Crippen LogP) is 0.914. The molecular formula is C8H16F3NO5S2. The number of alkyl halides is 3. The van der Waals surface area contributed by atoms with Crippen LogP contribution in [0.4, 0.5) is 13.2 Å². The van der Waals surface area contributed by atoms with Gasteiger partial charge in [0.05, 0.1) is 12.4 Å². The van der Waals surface area contributed by atoms with Crippen LogP contribution in [0.5, 0.6) is 0 Å². The molecule has 0 aliphatic rings. The highest BCUT2D eigenvalue weighted by Crippen LogP contribution is 2.24. The van der Waals surface area contributed by atoms with Crippen LogP contribution in [0.3, 0.4) is 0 Å². The molecule has 0 heterocycles. The van der Waals surface area contributed by atoms with Gasteiger partial charge >= 0.3 is 15.6 Å². The number of sulfonamides is 1. The number of rotatable bonds is 8. The zero-order valence-electron chi connectivity index (χ0n) is 10.5. The van der Waals surface area contributed by atoms with E-state index < -0.39 is 38.8 Å². The standard InChI is InChI=1S/C8H16F3NO5S2/c1-3-4-7-18(13,14)12(2)5-6-17-19(15,16)8(9,10)11/h3-7H2,1-2H3. The molecule has 0 aliphatic heterocycles. The lowest BCUT2D eigenvalue weighted by Crippen LogP contribution is -2.34. The largest absolute Gasteiger partial charge is 0.523 e. The van der Waals surface area contributed by atoms with Gasteiger partial charge in [-0.25, -0.2) is 12.7 Å². The Kier molecular flexibility index (Phi) is 6.72. The Morgan fingerprint density at radius 2 is 1.68 bits per heavy atom. The van der Waals surface area contributed by atoms with Crippen LogP contribution < -0.4 is 0 Å². The maximum Gasteiger partial charge on any atom is 0.523 e. The molecule has 0 aliphatic carbocycles. The lowest BCUT2D eigenvalue weighted by molar-refractivity contribution is -0.0542. The zero-order valence-corrected chi connectivity index (χ0v) is 12.1. The van der Waals surface area contributed by atoms with Crippen LogP contribution in [0, 0.1) is 0 Å². The molecule has 0 spiro atoms. The van der Waals surface area contributed by atoms with E-state index in [2.05, 4.69) is 4.18 Å². The van der Waals surface area contributed by atoms with E-state index in [9.17, 15) is 30.0 Å². The van der Waals surface area contributed by atoms with Gasteiger partial charge in [-0.1, -0.05) is 13.3 Å².